The number of hydrogen-bond donors (Lipinski definition) is 0. The van der Waals surface area contributed by atoms with Crippen LogP contribution in [0.3, 0.4) is 0 Å². The fraction of sp³-hybridized carbons (Fsp3) is 0.333. The van der Waals surface area contributed by atoms with Crippen LogP contribution in [0, 0.1) is 0 Å². The quantitative estimate of drug-likeness (QED) is 0.224. The van der Waals surface area contributed by atoms with E-state index >= 15 is 0 Å². The van der Waals surface area contributed by atoms with Crippen molar-refractivity contribution in [3.05, 3.63) is 154 Å². The van der Waals surface area contributed by atoms with Gasteiger partial charge >= 0.3 is 0 Å². The maximum absolute atomic E-state index is 2.55. The molecular formula is C42H46. The summed E-state index contributed by atoms with van der Waals surface area (Å²) in [4.78, 5) is 0. The zero-order chi connectivity index (χ0) is 29.7. The average molecular weight is 551 g/mol. The van der Waals surface area contributed by atoms with E-state index in [0.29, 0.717) is 0 Å². The third-order valence-corrected chi connectivity index (χ3v) is 9.65. The Labute approximate surface area is 254 Å². The lowest BCUT2D eigenvalue weighted by Crippen LogP contribution is -2.37. The summed E-state index contributed by atoms with van der Waals surface area (Å²) in [6.45, 7) is 16.3. The monoisotopic (exact) mass is 550 g/mol. The molecule has 0 spiro atoms. The van der Waals surface area contributed by atoms with Crippen molar-refractivity contribution in [2.45, 2.75) is 89.9 Å². The summed E-state index contributed by atoms with van der Waals surface area (Å²) < 4.78 is 0. The zero-order valence-corrected chi connectivity index (χ0v) is 26.6. The summed E-state index contributed by atoms with van der Waals surface area (Å²) in [7, 11) is 0. The Hall–Kier alpha value is -3.64. The topological polar surface area (TPSA) is 0 Å². The Morgan fingerprint density at radius 3 is 1.48 bits per heavy atom. The zero-order valence-electron chi connectivity index (χ0n) is 26.6. The SMILES string of the molecule is CCCC1=CC=C(C(c2ccccc2)(c2ccccc2)C2c3cc(C(C)(C)C)ccc3-c3ccc(C(C)(C)C)cc32)C1. The van der Waals surface area contributed by atoms with Gasteiger partial charge in [0.15, 0.2) is 0 Å². The first-order valence-electron chi connectivity index (χ1n) is 15.8. The molecule has 6 rings (SSSR count). The highest BCUT2D eigenvalue weighted by Crippen LogP contribution is 2.61. The summed E-state index contributed by atoms with van der Waals surface area (Å²) in [5.74, 6) is 0.150. The molecule has 2 aliphatic rings. The molecule has 0 aromatic heterocycles. The Kier molecular flexibility index (Phi) is 7.17. The molecule has 0 heteroatoms. The number of fused-ring (bicyclic) bond motifs is 3. The van der Waals surface area contributed by atoms with Gasteiger partial charge in [0.1, 0.15) is 0 Å². The fourth-order valence-electron chi connectivity index (χ4n) is 7.46. The summed E-state index contributed by atoms with van der Waals surface area (Å²) in [6, 6.07) is 37.4. The van der Waals surface area contributed by atoms with E-state index < -0.39 is 0 Å². The van der Waals surface area contributed by atoms with E-state index in [1.54, 1.807) is 5.57 Å². The molecule has 42 heavy (non-hydrogen) atoms. The van der Waals surface area contributed by atoms with Crippen LogP contribution in [0.15, 0.2) is 120 Å². The maximum Gasteiger partial charge on any atom is 0.0526 e. The van der Waals surface area contributed by atoms with Crippen molar-refractivity contribution in [2.24, 2.45) is 0 Å². The maximum atomic E-state index is 2.55. The lowest BCUT2D eigenvalue weighted by Gasteiger charge is -2.44. The van der Waals surface area contributed by atoms with Gasteiger partial charge in [-0.1, -0.05) is 175 Å². The highest BCUT2D eigenvalue weighted by Gasteiger charge is 2.51. The van der Waals surface area contributed by atoms with Gasteiger partial charge in [0.2, 0.25) is 0 Å². The summed E-state index contributed by atoms with van der Waals surface area (Å²) >= 11 is 0. The van der Waals surface area contributed by atoms with Crippen LogP contribution in [-0.4, -0.2) is 0 Å². The molecule has 0 bridgehead atoms. The van der Waals surface area contributed by atoms with Gasteiger partial charge in [-0.3, -0.25) is 0 Å². The lowest BCUT2D eigenvalue weighted by atomic mass is 9.58. The smallest absolute Gasteiger partial charge is 0.0526 e. The molecule has 0 N–H and O–H groups in total. The highest BCUT2D eigenvalue weighted by atomic mass is 14.5. The van der Waals surface area contributed by atoms with Crippen LogP contribution in [0.2, 0.25) is 0 Å². The molecule has 0 heterocycles. The molecule has 2 aliphatic carbocycles. The normalized spacial score (nSPS) is 15.3. The van der Waals surface area contributed by atoms with Crippen molar-refractivity contribution in [1.82, 2.24) is 0 Å². The van der Waals surface area contributed by atoms with E-state index in [1.807, 2.05) is 0 Å². The van der Waals surface area contributed by atoms with E-state index in [9.17, 15) is 0 Å². The number of rotatable bonds is 6. The Morgan fingerprint density at radius 2 is 1.05 bits per heavy atom. The van der Waals surface area contributed by atoms with Crippen molar-refractivity contribution < 1.29 is 0 Å². The fourth-order valence-corrected chi connectivity index (χ4v) is 7.46. The van der Waals surface area contributed by atoms with E-state index in [0.717, 1.165) is 12.8 Å². The van der Waals surface area contributed by atoms with Crippen LogP contribution >= 0.6 is 0 Å². The Morgan fingerprint density at radius 1 is 0.571 bits per heavy atom. The van der Waals surface area contributed by atoms with Crippen molar-refractivity contribution in [3.63, 3.8) is 0 Å². The molecule has 0 amide bonds. The molecule has 0 unspecified atom stereocenters. The van der Waals surface area contributed by atoms with Gasteiger partial charge in [-0.25, -0.2) is 0 Å². The van der Waals surface area contributed by atoms with Crippen LogP contribution in [0.5, 0.6) is 0 Å². The van der Waals surface area contributed by atoms with Crippen LogP contribution in [0.1, 0.15) is 107 Å². The van der Waals surface area contributed by atoms with E-state index in [-0.39, 0.29) is 22.2 Å². The largest absolute Gasteiger partial charge is 0.0661 e. The minimum Gasteiger partial charge on any atom is -0.0661 e. The van der Waals surface area contributed by atoms with Crippen molar-refractivity contribution in [2.75, 3.05) is 0 Å². The first-order chi connectivity index (χ1) is 20.0. The second-order valence-corrected chi connectivity index (χ2v) is 14.5. The summed E-state index contributed by atoms with van der Waals surface area (Å²) in [6.07, 6.45) is 8.25. The summed E-state index contributed by atoms with van der Waals surface area (Å²) in [5.41, 5.74) is 14.1. The molecule has 0 radical (unpaired) electrons. The van der Waals surface area contributed by atoms with Gasteiger partial charge < -0.3 is 0 Å². The number of benzene rings is 4. The summed E-state index contributed by atoms with van der Waals surface area (Å²) in [5, 5.41) is 0. The van der Waals surface area contributed by atoms with Gasteiger partial charge in [0.05, 0.1) is 5.41 Å². The predicted molar refractivity (Wildman–Crippen MR) is 180 cm³/mol. The molecule has 214 valence electrons. The molecular weight excluding hydrogens is 504 g/mol. The number of hydrogen-bond acceptors (Lipinski definition) is 0. The number of allylic oxidation sites excluding steroid dienone is 4. The molecule has 4 aromatic carbocycles. The van der Waals surface area contributed by atoms with Crippen molar-refractivity contribution in [3.8, 4) is 11.1 Å². The molecule has 0 saturated heterocycles. The average Bonchev–Trinajstić information content (AvgIpc) is 3.57. The van der Waals surface area contributed by atoms with Crippen molar-refractivity contribution >= 4 is 0 Å². The van der Waals surface area contributed by atoms with Gasteiger partial charge in [-0.2, -0.15) is 0 Å². The third-order valence-electron chi connectivity index (χ3n) is 9.65. The molecule has 0 saturated carbocycles. The first-order valence-corrected chi connectivity index (χ1v) is 15.8. The van der Waals surface area contributed by atoms with Crippen molar-refractivity contribution in [1.29, 1.82) is 0 Å². The van der Waals surface area contributed by atoms with E-state index in [2.05, 4.69) is 158 Å². The highest BCUT2D eigenvalue weighted by molar-refractivity contribution is 5.82. The third kappa shape index (κ3) is 4.70. The van der Waals surface area contributed by atoms with Crippen LogP contribution in [0.25, 0.3) is 11.1 Å². The molecule has 0 atom stereocenters. The van der Waals surface area contributed by atoms with E-state index in [4.69, 9.17) is 0 Å². The molecule has 0 nitrogen and oxygen atoms in total. The Bertz CT molecular complexity index is 1550. The minimum absolute atomic E-state index is 0.0650. The second kappa shape index (κ2) is 10.6. The van der Waals surface area contributed by atoms with Gasteiger partial charge in [0, 0.05) is 5.92 Å². The van der Waals surface area contributed by atoms with Crippen LogP contribution in [-0.2, 0) is 16.2 Å². The Balaban J connectivity index is 1.74. The lowest BCUT2D eigenvalue weighted by molar-refractivity contribution is 0.518. The first kappa shape index (κ1) is 28.5. The standard InChI is InChI=1S/C42H46/c1-8-15-29-20-21-34(26-29)42(30-16-11-9-12-17-30,31-18-13-10-14-19-31)39-37-27-32(40(2,3)4)22-24-35(37)36-25-23-33(28-38(36)39)41(5,6)7/h9-14,16-25,27-28,39H,8,15,26H2,1-7H3. The minimum atomic E-state index is -0.346. The predicted octanol–water partition coefficient (Wildman–Crippen LogP) is 11.4. The van der Waals surface area contributed by atoms with Crippen LogP contribution in [0.4, 0.5) is 0 Å². The molecule has 4 aromatic rings. The van der Waals surface area contributed by atoms with Crippen LogP contribution < -0.4 is 0 Å². The van der Waals surface area contributed by atoms with Gasteiger partial charge in [-0.15, -0.1) is 0 Å². The van der Waals surface area contributed by atoms with E-state index in [1.165, 1.54) is 56.5 Å². The second-order valence-electron chi connectivity index (χ2n) is 14.5. The molecule has 0 aliphatic heterocycles. The molecule has 0 fully saturated rings. The van der Waals surface area contributed by atoms with Gasteiger partial charge in [0.25, 0.3) is 0 Å². The van der Waals surface area contributed by atoms with Gasteiger partial charge in [-0.05, 0) is 68.2 Å².